The van der Waals surface area contributed by atoms with Crippen molar-refractivity contribution in [2.45, 2.75) is 90.7 Å². The van der Waals surface area contributed by atoms with Crippen LogP contribution < -0.4 is 5.32 Å². The first-order valence-corrected chi connectivity index (χ1v) is 9.61. The van der Waals surface area contributed by atoms with Crippen LogP contribution in [0.1, 0.15) is 78.6 Å². The van der Waals surface area contributed by atoms with Gasteiger partial charge in [-0.3, -0.25) is 0 Å². The van der Waals surface area contributed by atoms with E-state index in [2.05, 4.69) is 26.1 Å². The molecule has 2 saturated carbocycles. The highest BCUT2D eigenvalue weighted by Gasteiger charge is 2.34. The van der Waals surface area contributed by atoms with Crippen LogP contribution in [0, 0.1) is 17.8 Å². The third-order valence-electron chi connectivity index (χ3n) is 5.88. The molecule has 0 spiro atoms. The highest BCUT2D eigenvalue weighted by Crippen LogP contribution is 2.38. The van der Waals surface area contributed by atoms with E-state index >= 15 is 0 Å². The van der Waals surface area contributed by atoms with Crippen LogP contribution in [0.25, 0.3) is 0 Å². The summed E-state index contributed by atoms with van der Waals surface area (Å²) in [4.78, 5) is 0. The Morgan fingerprint density at radius 1 is 1.00 bits per heavy atom. The van der Waals surface area contributed by atoms with E-state index in [0.29, 0.717) is 6.10 Å². The molecule has 0 saturated heterocycles. The van der Waals surface area contributed by atoms with Gasteiger partial charge in [0.25, 0.3) is 0 Å². The maximum Gasteiger partial charge on any atom is 0.0580 e. The van der Waals surface area contributed by atoms with Crippen molar-refractivity contribution in [3.05, 3.63) is 0 Å². The summed E-state index contributed by atoms with van der Waals surface area (Å²) in [5.41, 5.74) is 0. The largest absolute Gasteiger partial charge is 0.378 e. The van der Waals surface area contributed by atoms with Crippen LogP contribution in [-0.2, 0) is 4.74 Å². The third kappa shape index (κ3) is 5.25. The molecule has 2 aliphatic rings. The summed E-state index contributed by atoms with van der Waals surface area (Å²) in [6.07, 6.45) is 13.1. The van der Waals surface area contributed by atoms with Gasteiger partial charge in [0, 0.05) is 12.6 Å². The van der Waals surface area contributed by atoms with Crippen LogP contribution in [0.5, 0.6) is 0 Å². The van der Waals surface area contributed by atoms with Crippen molar-refractivity contribution >= 4 is 0 Å². The SMILES string of the molecule is CCCNC(CC1CC(OCC)C1)C1CCC(CC)CC1. The Hall–Kier alpha value is -0.0800. The lowest BCUT2D eigenvalue weighted by Gasteiger charge is -2.41. The molecule has 2 heteroatoms. The maximum absolute atomic E-state index is 5.72. The predicted molar refractivity (Wildman–Crippen MR) is 90.6 cm³/mol. The van der Waals surface area contributed by atoms with E-state index in [1.807, 2.05) is 0 Å². The molecule has 0 aromatic carbocycles. The van der Waals surface area contributed by atoms with Crippen molar-refractivity contribution in [1.82, 2.24) is 5.32 Å². The first kappa shape index (κ1) is 17.3. The average Bonchev–Trinajstić information content (AvgIpc) is 2.48. The van der Waals surface area contributed by atoms with Gasteiger partial charge in [0.1, 0.15) is 0 Å². The summed E-state index contributed by atoms with van der Waals surface area (Å²) >= 11 is 0. The van der Waals surface area contributed by atoms with E-state index in [1.54, 1.807) is 0 Å². The monoisotopic (exact) mass is 295 g/mol. The Balaban J connectivity index is 1.75. The van der Waals surface area contributed by atoms with Gasteiger partial charge in [-0.25, -0.2) is 0 Å². The molecule has 2 rings (SSSR count). The molecule has 21 heavy (non-hydrogen) atoms. The Morgan fingerprint density at radius 3 is 2.29 bits per heavy atom. The van der Waals surface area contributed by atoms with Crippen LogP contribution in [0.15, 0.2) is 0 Å². The number of hydrogen-bond acceptors (Lipinski definition) is 2. The van der Waals surface area contributed by atoms with Crippen molar-refractivity contribution in [1.29, 1.82) is 0 Å². The minimum Gasteiger partial charge on any atom is -0.378 e. The smallest absolute Gasteiger partial charge is 0.0580 e. The van der Waals surface area contributed by atoms with Gasteiger partial charge >= 0.3 is 0 Å². The molecule has 124 valence electrons. The van der Waals surface area contributed by atoms with Crippen LogP contribution in [0.2, 0.25) is 0 Å². The molecule has 2 aliphatic carbocycles. The van der Waals surface area contributed by atoms with Gasteiger partial charge in [0.2, 0.25) is 0 Å². The van der Waals surface area contributed by atoms with Crippen LogP contribution in [0.3, 0.4) is 0 Å². The van der Waals surface area contributed by atoms with E-state index in [4.69, 9.17) is 4.74 Å². The van der Waals surface area contributed by atoms with Gasteiger partial charge in [-0.1, -0.05) is 33.1 Å². The summed E-state index contributed by atoms with van der Waals surface area (Å²) in [7, 11) is 0. The molecule has 0 aromatic heterocycles. The summed E-state index contributed by atoms with van der Waals surface area (Å²) in [5.74, 6) is 2.87. The molecule has 1 unspecified atom stereocenters. The van der Waals surface area contributed by atoms with Crippen molar-refractivity contribution in [2.24, 2.45) is 17.8 Å². The minimum absolute atomic E-state index is 0.572. The van der Waals surface area contributed by atoms with Gasteiger partial charge in [-0.15, -0.1) is 0 Å². The number of ether oxygens (including phenoxy) is 1. The van der Waals surface area contributed by atoms with Crippen molar-refractivity contribution in [3.63, 3.8) is 0 Å². The molecule has 2 nitrogen and oxygen atoms in total. The van der Waals surface area contributed by atoms with Gasteiger partial charge in [-0.2, -0.15) is 0 Å². The first-order chi connectivity index (χ1) is 10.3. The van der Waals surface area contributed by atoms with E-state index in [0.717, 1.165) is 30.4 Å². The summed E-state index contributed by atoms with van der Waals surface area (Å²) in [6, 6.07) is 0.773. The Bertz CT molecular complexity index is 267. The molecule has 0 aromatic rings. The fraction of sp³-hybridized carbons (Fsp3) is 1.00. The standard InChI is InChI=1S/C19H37NO/c1-4-11-20-19(14-16-12-18(13-16)21-6-3)17-9-7-15(5-2)8-10-17/h15-20H,4-14H2,1-3H3. The molecule has 0 aliphatic heterocycles. The second-order valence-corrected chi connectivity index (χ2v) is 7.40. The van der Waals surface area contributed by atoms with Gasteiger partial charge in [0.15, 0.2) is 0 Å². The molecule has 0 radical (unpaired) electrons. The van der Waals surface area contributed by atoms with E-state index < -0.39 is 0 Å². The quantitative estimate of drug-likeness (QED) is 0.661. The Labute approximate surface area is 132 Å². The molecular formula is C19H37NO. The van der Waals surface area contributed by atoms with Gasteiger partial charge in [-0.05, 0) is 69.7 Å². The van der Waals surface area contributed by atoms with Crippen molar-refractivity contribution in [3.8, 4) is 0 Å². The lowest BCUT2D eigenvalue weighted by atomic mass is 9.71. The summed E-state index contributed by atoms with van der Waals surface area (Å²) < 4.78 is 5.72. The van der Waals surface area contributed by atoms with Crippen LogP contribution in [-0.4, -0.2) is 25.3 Å². The first-order valence-electron chi connectivity index (χ1n) is 9.61. The zero-order valence-corrected chi connectivity index (χ0v) is 14.6. The second kappa shape index (κ2) is 9.15. The average molecular weight is 296 g/mol. The molecular weight excluding hydrogens is 258 g/mol. The summed E-state index contributed by atoms with van der Waals surface area (Å²) in [5, 5.41) is 3.88. The third-order valence-corrected chi connectivity index (χ3v) is 5.88. The Kier molecular flexibility index (Phi) is 7.53. The predicted octanol–water partition coefficient (Wildman–Crippen LogP) is 4.78. The number of hydrogen-bond donors (Lipinski definition) is 1. The van der Waals surface area contributed by atoms with Gasteiger partial charge in [0.05, 0.1) is 6.10 Å². The van der Waals surface area contributed by atoms with Gasteiger partial charge < -0.3 is 10.1 Å². The van der Waals surface area contributed by atoms with E-state index in [9.17, 15) is 0 Å². The topological polar surface area (TPSA) is 21.3 Å². The highest BCUT2D eigenvalue weighted by molar-refractivity contribution is 4.88. The minimum atomic E-state index is 0.572. The van der Waals surface area contributed by atoms with Crippen LogP contribution >= 0.6 is 0 Å². The van der Waals surface area contributed by atoms with Crippen molar-refractivity contribution in [2.75, 3.05) is 13.2 Å². The number of rotatable bonds is 9. The lowest BCUT2D eigenvalue weighted by molar-refractivity contribution is -0.0315. The number of nitrogens with one attached hydrogen (secondary N) is 1. The maximum atomic E-state index is 5.72. The summed E-state index contributed by atoms with van der Waals surface area (Å²) in [6.45, 7) is 8.84. The Morgan fingerprint density at radius 2 is 1.71 bits per heavy atom. The molecule has 1 atom stereocenters. The lowest BCUT2D eigenvalue weighted by Crippen LogP contribution is -2.43. The molecule has 0 bridgehead atoms. The second-order valence-electron chi connectivity index (χ2n) is 7.40. The fourth-order valence-corrected chi connectivity index (χ4v) is 4.37. The van der Waals surface area contributed by atoms with Crippen LogP contribution in [0.4, 0.5) is 0 Å². The van der Waals surface area contributed by atoms with Crippen molar-refractivity contribution < 1.29 is 4.74 Å². The zero-order chi connectivity index (χ0) is 15.1. The van der Waals surface area contributed by atoms with E-state index in [-0.39, 0.29) is 0 Å². The van der Waals surface area contributed by atoms with E-state index in [1.165, 1.54) is 64.3 Å². The molecule has 1 N–H and O–H groups in total. The molecule has 2 fully saturated rings. The highest BCUT2D eigenvalue weighted by atomic mass is 16.5. The fourth-order valence-electron chi connectivity index (χ4n) is 4.37. The molecule has 0 heterocycles. The molecule has 0 amide bonds. The normalized spacial score (nSPS) is 34.4. The zero-order valence-electron chi connectivity index (χ0n) is 14.6.